The second-order valence-electron chi connectivity index (χ2n) is 7.54. The monoisotopic (exact) mass is 461 g/mol. The quantitative estimate of drug-likeness (QED) is 0.199. The van der Waals surface area contributed by atoms with Crippen molar-refractivity contribution >= 4 is 29.1 Å². The molecule has 4 rings (SSSR count). The van der Waals surface area contributed by atoms with E-state index in [9.17, 15) is 23.9 Å². The Morgan fingerprint density at radius 3 is 2.06 bits per heavy atom. The van der Waals surface area contributed by atoms with Crippen LogP contribution in [0.5, 0.6) is 11.5 Å². The normalized spacial score (nSPS) is 17.0. The minimum absolute atomic E-state index is 0.146. The van der Waals surface area contributed by atoms with Gasteiger partial charge in [-0.05, 0) is 66.2 Å². The van der Waals surface area contributed by atoms with E-state index in [0.29, 0.717) is 17.0 Å². The number of methoxy groups -OCH3 is 1. The van der Waals surface area contributed by atoms with Crippen LogP contribution in [0, 0.1) is 5.82 Å². The van der Waals surface area contributed by atoms with Crippen LogP contribution in [0.2, 0.25) is 0 Å². The molecule has 1 amide bonds. The van der Waals surface area contributed by atoms with E-state index in [1.807, 2.05) is 0 Å². The highest BCUT2D eigenvalue weighted by Crippen LogP contribution is 2.42. The Labute approximate surface area is 194 Å². The predicted octanol–water partition coefficient (Wildman–Crippen LogP) is 4.39. The summed E-state index contributed by atoms with van der Waals surface area (Å²) in [5.74, 6) is -2.29. The SMILES string of the molecule is COc1ccc(N2C(=O)C(=O)/C(=C(/O)c3ccc(F)cc3)C2c2ccc(OC(C)=O)cc2)cc1. The molecule has 0 radical (unpaired) electrons. The van der Waals surface area contributed by atoms with Gasteiger partial charge >= 0.3 is 5.97 Å². The molecule has 1 aliphatic heterocycles. The van der Waals surface area contributed by atoms with Crippen LogP contribution in [0.1, 0.15) is 24.1 Å². The number of aliphatic hydroxyl groups excluding tert-OH is 1. The maximum Gasteiger partial charge on any atom is 0.308 e. The van der Waals surface area contributed by atoms with Crippen LogP contribution in [0.3, 0.4) is 0 Å². The lowest BCUT2D eigenvalue weighted by Crippen LogP contribution is -2.29. The maximum atomic E-state index is 13.4. The Morgan fingerprint density at radius 2 is 1.50 bits per heavy atom. The van der Waals surface area contributed by atoms with Crippen molar-refractivity contribution in [3.05, 3.63) is 95.3 Å². The number of hydrogen-bond acceptors (Lipinski definition) is 6. The zero-order valence-corrected chi connectivity index (χ0v) is 18.3. The van der Waals surface area contributed by atoms with Gasteiger partial charge in [-0.25, -0.2) is 4.39 Å². The summed E-state index contributed by atoms with van der Waals surface area (Å²) in [6.07, 6.45) is 0. The van der Waals surface area contributed by atoms with Crippen molar-refractivity contribution in [2.75, 3.05) is 12.0 Å². The number of ketones is 1. The van der Waals surface area contributed by atoms with Crippen LogP contribution in [0.4, 0.5) is 10.1 Å². The molecule has 1 aliphatic rings. The third kappa shape index (κ3) is 4.25. The highest BCUT2D eigenvalue weighted by Gasteiger charge is 2.47. The van der Waals surface area contributed by atoms with Crippen LogP contribution < -0.4 is 14.4 Å². The van der Waals surface area contributed by atoms with E-state index in [-0.39, 0.29) is 16.9 Å². The van der Waals surface area contributed by atoms with E-state index in [4.69, 9.17) is 9.47 Å². The van der Waals surface area contributed by atoms with Crippen LogP contribution in [-0.2, 0) is 14.4 Å². The summed E-state index contributed by atoms with van der Waals surface area (Å²) >= 11 is 0. The van der Waals surface area contributed by atoms with Crippen LogP contribution in [0.25, 0.3) is 5.76 Å². The third-order valence-electron chi connectivity index (χ3n) is 5.37. The molecule has 1 N–H and O–H groups in total. The van der Waals surface area contributed by atoms with Gasteiger partial charge in [0.05, 0.1) is 18.7 Å². The number of carbonyl (C=O) groups excluding carboxylic acids is 3. The molecule has 1 heterocycles. The molecule has 1 fully saturated rings. The largest absolute Gasteiger partial charge is 0.507 e. The van der Waals surface area contributed by atoms with Crippen molar-refractivity contribution in [2.45, 2.75) is 13.0 Å². The number of anilines is 1. The first kappa shape index (κ1) is 22.7. The lowest BCUT2D eigenvalue weighted by atomic mass is 9.95. The van der Waals surface area contributed by atoms with Crippen LogP contribution >= 0.6 is 0 Å². The van der Waals surface area contributed by atoms with Gasteiger partial charge in [0.25, 0.3) is 11.7 Å². The van der Waals surface area contributed by atoms with E-state index in [2.05, 4.69) is 0 Å². The summed E-state index contributed by atoms with van der Waals surface area (Å²) in [6.45, 7) is 1.27. The molecule has 1 unspecified atom stereocenters. The molecule has 0 aliphatic carbocycles. The number of Topliss-reactive ketones (excluding diaryl/α,β-unsaturated/α-hetero) is 1. The highest BCUT2D eigenvalue weighted by atomic mass is 19.1. The summed E-state index contributed by atoms with van der Waals surface area (Å²) in [7, 11) is 1.51. The molecular formula is C26H20FNO6. The number of rotatable bonds is 5. The summed E-state index contributed by atoms with van der Waals surface area (Å²) in [5.41, 5.74) is 0.952. The lowest BCUT2D eigenvalue weighted by molar-refractivity contribution is -0.132. The highest BCUT2D eigenvalue weighted by molar-refractivity contribution is 6.51. The van der Waals surface area contributed by atoms with E-state index in [1.54, 1.807) is 36.4 Å². The molecule has 3 aromatic rings. The molecule has 172 valence electrons. The molecule has 1 saturated heterocycles. The van der Waals surface area contributed by atoms with E-state index < -0.39 is 35.3 Å². The van der Waals surface area contributed by atoms with Crippen LogP contribution in [0.15, 0.2) is 78.4 Å². The Morgan fingerprint density at radius 1 is 0.912 bits per heavy atom. The van der Waals surface area contributed by atoms with Crippen molar-refractivity contribution in [3.8, 4) is 11.5 Å². The number of halogens is 1. The van der Waals surface area contributed by atoms with Gasteiger partial charge in [-0.2, -0.15) is 0 Å². The fourth-order valence-corrected chi connectivity index (χ4v) is 3.80. The molecule has 1 atom stereocenters. The summed E-state index contributed by atoms with van der Waals surface area (Å²) in [6, 6.07) is 16.8. The zero-order valence-electron chi connectivity index (χ0n) is 18.3. The number of aliphatic hydroxyl groups is 1. The fourth-order valence-electron chi connectivity index (χ4n) is 3.80. The first-order valence-electron chi connectivity index (χ1n) is 10.3. The molecule has 8 heteroatoms. The molecule has 3 aromatic carbocycles. The van der Waals surface area contributed by atoms with Gasteiger partial charge in [0.2, 0.25) is 0 Å². The number of benzene rings is 3. The van der Waals surface area contributed by atoms with Gasteiger partial charge < -0.3 is 14.6 Å². The predicted molar refractivity (Wildman–Crippen MR) is 122 cm³/mol. The number of amides is 1. The van der Waals surface area contributed by atoms with Crippen LogP contribution in [-0.4, -0.2) is 29.9 Å². The molecule has 7 nitrogen and oxygen atoms in total. The van der Waals surface area contributed by atoms with Gasteiger partial charge in [-0.15, -0.1) is 0 Å². The van der Waals surface area contributed by atoms with Gasteiger partial charge in [0.1, 0.15) is 23.1 Å². The average Bonchev–Trinajstić information content (AvgIpc) is 3.09. The van der Waals surface area contributed by atoms with Gasteiger partial charge in [0.15, 0.2) is 0 Å². The molecule has 0 aromatic heterocycles. The second kappa shape index (κ2) is 9.19. The Balaban J connectivity index is 1.87. The average molecular weight is 461 g/mol. The van der Waals surface area contributed by atoms with E-state index in [1.165, 1.54) is 43.2 Å². The standard InChI is InChI=1S/C26H20FNO6/c1-15(29)34-21-11-5-16(6-12-21)23-22(24(30)17-3-7-18(27)8-4-17)25(31)26(32)28(23)19-9-13-20(33-2)14-10-19/h3-14,23,30H,1-2H3/b24-22+. The van der Waals surface area contributed by atoms with Crippen molar-refractivity contribution < 1.29 is 33.4 Å². The minimum atomic E-state index is -0.982. The number of ether oxygens (including phenoxy) is 2. The smallest absolute Gasteiger partial charge is 0.308 e. The fraction of sp³-hybridized carbons (Fsp3) is 0.115. The maximum absolute atomic E-state index is 13.4. The Bertz CT molecular complexity index is 1280. The first-order valence-corrected chi connectivity index (χ1v) is 10.3. The van der Waals surface area contributed by atoms with Gasteiger partial charge in [-0.1, -0.05) is 12.1 Å². The van der Waals surface area contributed by atoms with E-state index in [0.717, 1.165) is 12.1 Å². The van der Waals surface area contributed by atoms with Crippen molar-refractivity contribution in [3.63, 3.8) is 0 Å². The summed E-state index contributed by atoms with van der Waals surface area (Å²) < 4.78 is 23.6. The second-order valence-corrected chi connectivity index (χ2v) is 7.54. The lowest BCUT2D eigenvalue weighted by Gasteiger charge is -2.25. The van der Waals surface area contributed by atoms with Gasteiger partial charge in [-0.3, -0.25) is 19.3 Å². The topological polar surface area (TPSA) is 93.1 Å². The zero-order chi connectivity index (χ0) is 24.4. The molecule has 34 heavy (non-hydrogen) atoms. The van der Waals surface area contributed by atoms with Crippen molar-refractivity contribution in [1.29, 1.82) is 0 Å². The molecule has 0 saturated carbocycles. The van der Waals surface area contributed by atoms with Gasteiger partial charge in [0, 0.05) is 18.2 Å². The summed E-state index contributed by atoms with van der Waals surface area (Å²) in [4.78, 5) is 38.8. The summed E-state index contributed by atoms with van der Waals surface area (Å²) in [5, 5.41) is 11.0. The van der Waals surface area contributed by atoms with Crippen molar-refractivity contribution in [1.82, 2.24) is 0 Å². The number of esters is 1. The molecular weight excluding hydrogens is 441 g/mol. The first-order chi connectivity index (χ1) is 16.3. The number of carbonyl (C=O) groups is 3. The number of hydrogen-bond donors (Lipinski definition) is 1. The van der Waals surface area contributed by atoms with Crippen molar-refractivity contribution in [2.24, 2.45) is 0 Å². The van der Waals surface area contributed by atoms with E-state index >= 15 is 0 Å². The minimum Gasteiger partial charge on any atom is -0.507 e. The number of nitrogens with zero attached hydrogens (tertiary/aromatic N) is 1. The Hall–Kier alpha value is -4.46. The third-order valence-corrected chi connectivity index (χ3v) is 5.37. The Kier molecular flexibility index (Phi) is 6.14. The molecule has 0 bridgehead atoms. The molecule has 0 spiro atoms.